The molecule has 0 radical (unpaired) electrons. The van der Waals surface area contributed by atoms with Crippen LogP contribution in [0.5, 0.6) is 0 Å². The summed E-state index contributed by atoms with van der Waals surface area (Å²) in [5.74, 6) is -0.825. The molecule has 1 N–H and O–H groups in total. The van der Waals surface area contributed by atoms with Crippen LogP contribution >= 0.6 is 0 Å². The minimum absolute atomic E-state index is 0.0121. The molecular formula is C35H36O6. The molecule has 0 bridgehead atoms. The van der Waals surface area contributed by atoms with Crippen molar-refractivity contribution in [1.82, 2.24) is 0 Å². The third-order valence-electron chi connectivity index (χ3n) is 7.69. The lowest BCUT2D eigenvalue weighted by Crippen LogP contribution is -2.44. The van der Waals surface area contributed by atoms with Crippen LogP contribution in [0.2, 0.25) is 0 Å². The summed E-state index contributed by atoms with van der Waals surface area (Å²) in [6.45, 7) is 4.08. The van der Waals surface area contributed by atoms with Crippen LogP contribution in [-0.4, -0.2) is 48.2 Å². The molecule has 0 saturated carbocycles. The molecule has 0 aliphatic carbocycles. The Morgan fingerprint density at radius 3 is 1.68 bits per heavy atom. The molecule has 4 aromatic rings. The van der Waals surface area contributed by atoms with Gasteiger partial charge in [0.2, 0.25) is 0 Å². The summed E-state index contributed by atoms with van der Waals surface area (Å²) in [4.78, 5) is 0. The smallest absolute Gasteiger partial charge is 0.187 e. The first-order chi connectivity index (χ1) is 20.0. The van der Waals surface area contributed by atoms with E-state index >= 15 is 0 Å². The molecule has 1 unspecified atom stereocenters. The molecule has 0 amide bonds. The van der Waals surface area contributed by atoms with Crippen LogP contribution < -0.4 is 0 Å². The molecule has 6 heteroatoms. The Hall–Kier alpha value is -3.36. The predicted molar refractivity (Wildman–Crippen MR) is 155 cm³/mol. The SMILES string of the molecule is CC1(C)OC2[C@H]([C@@H](O)COC(c3ccccc3)(c3ccccc3)c3ccccc3)O[C@@H](OCc3ccccc3)[C@H]2O1. The maximum atomic E-state index is 11.6. The maximum Gasteiger partial charge on any atom is 0.187 e. The van der Waals surface area contributed by atoms with Crippen molar-refractivity contribution in [3.8, 4) is 0 Å². The standard InChI is InChI=1S/C35H36O6/c1-34(2)40-31-30(39-33(32(31)41-34)37-23-25-15-7-3-8-16-25)29(36)24-38-35(26-17-9-4-10-18-26,27-19-11-5-12-20-27)28-21-13-6-14-22-28/h3-22,29-33,36H,23-24H2,1-2H3/t29-,30-,31?,32-,33+/m0/s1. The highest BCUT2D eigenvalue weighted by atomic mass is 16.8. The molecule has 4 aromatic carbocycles. The van der Waals surface area contributed by atoms with Gasteiger partial charge in [-0.3, -0.25) is 0 Å². The van der Waals surface area contributed by atoms with Crippen LogP contribution in [-0.2, 0) is 35.9 Å². The lowest BCUT2D eigenvalue weighted by molar-refractivity contribution is -0.249. The molecular weight excluding hydrogens is 516 g/mol. The van der Waals surface area contributed by atoms with Crippen molar-refractivity contribution >= 4 is 0 Å². The molecule has 5 atom stereocenters. The summed E-state index contributed by atoms with van der Waals surface area (Å²) in [6.07, 6.45) is -3.40. The summed E-state index contributed by atoms with van der Waals surface area (Å²) in [7, 11) is 0. The molecule has 2 aliphatic rings. The van der Waals surface area contributed by atoms with Gasteiger partial charge in [-0.05, 0) is 36.1 Å². The van der Waals surface area contributed by atoms with Crippen LogP contribution in [0, 0.1) is 0 Å². The summed E-state index contributed by atoms with van der Waals surface area (Å²) >= 11 is 0. The minimum Gasteiger partial charge on any atom is -0.388 e. The molecule has 2 heterocycles. The predicted octanol–water partition coefficient (Wildman–Crippen LogP) is 5.82. The minimum atomic E-state index is -1.01. The average molecular weight is 553 g/mol. The zero-order valence-electron chi connectivity index (χ0n) is 23.3. The topological polar surface area (TPSA) is 66.4 Å². The number of aliphatic hydroxyl groups is 1. The van der Waals surface area contributed by atoms with Crippen LogP contribution in [0.25, 0.3) is 0 Å². The first kappa shape index (κ1) is 27.8. The Kier molecular flexibility index (Phi) is 8.04. The van der Waals surface area contributed by atoms with Gasteiger partial charge in [0.1, 0.15) is 30.0 Å². The summed E-state index contributed by atoms with van der Waals surface area (Å²) in [6, 6.07) is 40.2. The number of benzene rings is 4. The number of hydrogen-bond acceptors (Lipinski definition) is 6. The van der Waals surface area contributed by atoms with Gasteiger partial charge in [-0.1, -0.05) is 121 Å². The van der Waals surface area contributed by atoms with Crippen LogP contribution in [0.4, 0.5) is 0 Å². The second-order valence-electron chi connectivity index (χ2n) is 11.0. The van der Waals surface area contributed by atoms with E-state index in [-0.39, 0.29) is 6.61 Å². The number of ether oxygens (including phenoxy) is 5. The van der Waals surface area contributed by atoms with E-state index in [1.165, 1.54) is 0 Å². The molecule has 2 aliphatic heterocycles. The van der Waals surface area contributed by atoms with Crippen molar-refractivity contribution in [3.63, 3.8) is 0 Å². The van der Waals surface area contributed by atoms with Gasteiger partial charge in [0, 0.05) is 0 Å². The highest BCUT2D eigenvalue weighted by molar-refractivity contribution is 5.47. The van der Waals surface area contributed by atoms with Crippen molar-refractivity contribution in [3.05, 3.63) is 144 Å². The number of hydrogen-bond donors (Lipinski definition) is 1. The third kappa shape index (κ3) is 5.72. The van der Waals surface area contributed by atoms with E-state index in [2.05, 4.69) is 36.4 Å². The second-order valence-corrected chi connectivity index (χ2v) is 11.0. The Morgan fingerprint density at radius 2 is 1.17 bits per heavy atom. The van der Waals surface area contributed by atoms with E-state index in [0.29, 0.717) is 6.61 Å². The van der Waals surface area contributed by atoms with E-state index in [0.717, 1.165) is 22.3 Å². The van der Waals surface area contributed by atoms with Gasteiger partial charge in [-0.25, -0.2) is 0 Å². The fraction of sp³-hybridized carbons (Fsp3) is 0.314. The number of aliphatic hydroxyl groups excluding tert-OH is 1. The van der Waals surface area contributed by atoms with Gasteiger partial charge in [0.05, 0.1) is 13.2 Å². The van der Waals surface area contributed by atoms with Gasteiger partial charge < -0.3 is 28.8 Å². The molecule has 0 spiro atoms. The number of rotatable bonds is 10. The Morgan fingerprint density at radius 1 is 0.707 bits per heavy atom. The van der Waals surface area contributed by atoms with Crippen molar-refractivity contribution in [2.45, 2.75) is 62.5 Å². The van der Waals surface area contributed by atoms with Gasteiger partial charge in [0.15, 0.2) is 12.1 Å². The number of fused-ring (bicyclic) bond motifs is 1. The summed E-state index contributed by atoms with van der Waals surface area (Å²) in [5.41, 5.74) is 2.94. The molecule has 212 valence electrons. The fourth-order valence-corrected chi connectivity index (χ4v) is 5.86. The summed E-state index contributed by atoms with van der Waals surface area (Å²) < 4.78 is 31.7. The van der Waals surface area contributed by atoms with E-state index in [1.54, 1.807) is 0 Å². The van der Waals surface area contributed by atoms with Crippen molar-refractivity contribution in [1.29, 1.82) is 0 Å². The van der Waals surface area contributed by atoms with E-state index in [4.69, 9.17) is 23.7 Å². The molecule has 2 fully saturated rings. The van der Waals surface area contributed by atoms with Gasteiger partial charge in [0.25, 0.3) is 0 Å². The van der Waals surface area contributed by atoms with Gasteiger partial charge >= 0.3 is 0 Å². The second kappa shape index (κ2) is 11.9. The molecule has 0 aromatic heterocycles. The highest BCUT2D eigenvalue weighted by Crippen LogP contribution is 2.43. The van der Waals surface area contributed by atoms with E-state index in [1.807, 2.05) is 98.8 Å². The molecule has 6 rings (SSSR count). The molecule has 41 heavy (non-hydrogen) atoms. The third-order valence-corrected chi connectivity index (χ3v) is 7.69. The Labute approximate surface area is 241 Å². The van der Waals surface area contributed by atoms with Gasteiger partial charge in [-0.15, -0.1) is 0 Å². The molecule has 2 saturated heterocycles. The lowest BCUT2D eigenvalue weighted by atomic mass is 9.80. The fourth-order valence-electron chi connectivity index (χ4n) is 5.86. The van der Waals surface area contributed by atoms with E-state index in [9.17, 15) is 5.11 Å². The summed E-state index contributed by atoms with van der Waals surface area (Å²) in [5, 5.41) is 11.6. The van der Waals surface area contributed by atoms with Crippen molar-refractivity contribution in [2.75, 3.05) is 6.61 Å². The lowest BCUT2D eigenvalue weighted by Gasteiger charge is -2.37. The van der Waals surface area contributed by atoms with Crippen LogP contribution in [0.1, 0.15) is 36.1 Å². The first-order valence-electron chi connectivity index (χ1n) is 14.1. The van der Waals surface area contributed by atoms with Crippen LogP contribution in [0.3, 0.4) is 0 Å². The van der Waals surface area contributed by atoms with Crippen LogP contribution in [0.15, 0.2) is 121 Å². The zero-order chi connectivity index (χ0) is 28.3. The highest BCUT2D eigenvalue weighted by Gasteiger charge is 2.58. The van der Waals surface area contributed by atoms with E-state index < -0.39 is 42.1 Å². The van der Waals surface area contributed by atoms with Crippen molar-refractivity contribution < 1.29 is 28.8 Å². The van der Waals surface area contributed by atoms with Gasteiger partial charge in [-0.2, -0.15) is 0 Å². The zero-order valence-corrected chi connectivity index (χ0v) is 23.3. The van der Waals surface area contributed by atoms with Crippen molar-refractivity contribution in [2.24, 2.45) is 0 Å². The monoisotopic (exact) mass is 552 g/mol. The maximum absolute atomic E-state index is 11.6. The molecule has 6 nitrogen and oxygen atoms in total. The Balaban J connectivity index is 1.28. The quantitative estimate of drug-likeness (QED) is 0.250. The first-order valence-corrected chi connectivity index (χ1v) is 14.1. The Bertz CT molecular complexity index is 1280. The average Bonchev–Trinajstić information content (AvgIpc) is 3.51. The largest absolute Gasteiger partial charge is 0.388 e. The normalized spacial score (nSPS) is 24.2.